The van der Waals surface area contributed by atoms with Crippen LogP contribution in [0.3, 0.4) is 0 Å². The van der Waals surface area contributed by atoms with Gasteiger partial charge in [0.2, 0.25) is 0 Å². The lowest BCUT2D eigenvalue weighted by Gasteiger charge is -2.29. The van der Waals surface area contributed by atoms with Crippen LogP contribution in [0.5, 0.6) is 0 Å². The number of rotatable bonds is 6. The molecule has 0 radical (unpaired) electrons. The van der Waals surface area contributed by atoms with E-state index in [0.717, 1.165) is 59.0 Å². The molecular formula is C26H29F2N3O3. The molecule has 4 rings (SSSR count). The predicted octanol–water partition coefficient (Wildman–Crippen LogP) is 5.15. The number of nitrogens with one attached hydrogen (secondary N) is 2. The first-order valence-corrected chi connectivity index (χ1v) is 11.5. The molecule has 2 aromatic carbocycles. The number of aryl methyl sites for hydroxylation is 1. The molecule has 0 aliphatic heterocycles. The Morgan fingerprint density at radius 1 is 1.03 bits per heavy atom. The third-order valence-electron chi connectivity index (χ3n) is 6.84. The van der Waals surface area contributed by atoms with E-state index in [0.29, 0.717) is 6.54 Å². The van der Waals surface area contributed by atoms with Crippen molar-refractivity contribution >= 4 is 22.9 Å². The van der Waals surface area contributed by atoms with Gasteiger partial charge < -0.3 is 20.3 Å². The number of aromatic nitrogens is 1. The minimum atomic E-state index is -0.939. The highest BCUT2D eigenvalue weighted by Gasteiger charge is 2.28. The summed E-state index contributed by atoms with van der Waals surface area (Å²) in [6.45, 7) is 3.85. The number of carboxylic acids is 1. The van der Waals surface area contributed by atoms with Crippen LogP contribution >= 0.6 is 0 Å². The monoisotopic (exact) mass is 469 g/mol. The van der Waals surface area contributed by atoms with Crippen molar-refractivity contribution in [2.75, 3.05) is 0 Å². The van der Waals surface area contributed by atoms with Gasteiger partial charge in [-0.2, -0.15) is 0 Å². The first-order chi connectivity index (χ1) is 16.2. The number of halogens is 2. The molecule has 3 aromatic rings. The molecule has 1 aromatic heterocycles. The quantitative estimate of drug-likeness (QED) is 0.467. The van der Waals surface area contributed by atoms with Gasteiger partial charge in [-0.25, -0.2) is 13.6 Å². The SMILES string of the molecule is Cc1cc(F)ccc1CNC(=O)NC1CCC(c2c(C)n(CC(=O)O)c3ccc(F)cc23)CC1. The molecule has 0 bridgehead atoms. The maximum Gasteiger partial charge on any atom is 0.323 e. The Balaban J connectivity index is 1.40. The van der Waals surface area contributed by atoms with E-state index < -0.39 is 5.97 Å². The summed E-state index contributed by atoms with van der Waals surface area (Å²) in [6, 6.07) is 8.75. The van der Waals surface area contributed by atoms with E-state index in [-0.39, 0.29) is 36.2 Å². The zero-order valence-corrected chi connectivity index (χ0v) is 19.3. The zero-order chi connectivity index (χ0) is 24.4. The van der Waals surface area contributed by atoms with Crippen molar-refractivity contribution in [1.82, 2.24) is 15.2 Å². The predicted molar refractivity (Wildman–Crippen MR) is 126 cm³/mol. The number of carbonyl (C=O) groups excluding carboxylic acids is 1. The molecule has 2 amide bonds. The van der Waals surface area contributed by atoms with Crippen LogP contribution in [0, 0.1) is 25.5 Å². The molecule has 1 aliphatic rings. The van der Waals surface area contributed by atoms with E-state index in [9.17, 15) is 23.5 Å². The number of benzene rings is 2. The van der Waals surface area contributed by atoms with Gasteiger partial charge in [-0.05, 0) is 92.5 Å². The van der Waals surface area contributed by atoms with Crippen LogP contribution in [0.25, 0.3) is 10.9 Å². The number of hydrogen-bond acceptors (Lipinski definition) is 2. The lowest BCUT2D eigenvalue weighted by Crippen LogP contribution is -2.43. The highest BCUT2D eigenvalue weighted by atomic mass is 19.1. The summed E-state index contributed by atoms with van der Waals surface area (Å²) in [5.74, 6) is -1.41. The van der Waals surface area contributed by atoms with Crippen LogP contribution < -0.4 is 10.6 Å². The number of aliphatic carboxylic acids is 1. The first-order valence-electron chi connectivity index (χ1n) is 11.5. The Labute approximate surface area is 197 Å². The zero-order valence-electron chi connectivity index (χ0n) is 19.3. The van der Waals surface area contributed by atoms with Gasteiger partial charge in [0.1, 0.15) is 18.2 Å². The van der Waals surface area contributed by atoms with Crippen LogP contribution in [0.15, 0.2) is 36.4 Å². The minimum Gasteiger partial charge on any atom is -0.480 e. The van der Waals surface area contributed by atoms with Crippen molar-refractivity contribution < 1.29 is 23.5 Å². The molecule has 3 N–H and O–H groups in total. The van der Waals surface area contributed by atoms with Crippen molar-refractivity contribution in [3.05, 3.63) is 70.4 Å². The summed E-state index contributed by atoms with van der Waals surface area (Å²) in [7, 11) is 0. The number of urea groups is 1. The van der Waals surface area contributed by atoms with Crippen molar-refractivity contribution in [2.24, 2.45) is 0 Å². The normalized spacial score (nSPS) is 18.1. The molecular weight excluding hydrogens is 440 g/mol. The fourth-order valence-corrected chi connectivity index (χ4v) is 5.13. The standard InChI is InChI=1S/C26H29F2N3O3/c1-15-11-19(27)6-3-18(15)13-29-26(34)30-21-8-4-17(5-9-21)25-16(2)31(14-24(32)33)23-10-7-20(28)12-22(23)25/h3,6-7,10-12,17,21H,4-5,8-9,13-14H2,1-2H3,(H,32,33)(H2,29,30,34). The fraction of sp³-hybridized carbons (Fsp3) is 0.385. The summed E-state index contributed by atoms with van der Waals surface area (Å²) in [4.78, 5) is 23.8. The summed E-state index contributed by atoms with van der Waals surface area (Å²) in [5, 5.41) is 16.0. The third-order valence-corrected chi connectivity index (χ3v) is 6.84. The summed E-state index contributed by atoms with van der Waals surface area (Å²) >= 11 is 0. The molecule has 0 atom stereocenters. The smallest absolute Gasteiger partial charge is 0.323 e. The van der Waals surface area contributed by atoms with E-state index in [1.165, 1.54) is 24.3 Å². The number of amides is 2. The second-order valence-electron chi connectivity index (χ2n) is 9.09. The summed E-state index contributed by atoms with van der Waals surface area (Å²) in [6.07, 6.45) is 3.17. The number of nitrogens with zero attached hydrogens (tertiary/aromatic N) is 1. The Morgan fingerprint density at radius 3 is 2.38 bits per heavy atom. The number of carboxylic acid groups (broad SMARTS) is 1. The van der Waals surface area contributed by atoms with E-state index >= 15 is 0 Å². The lowest BCUT2D eigenvalue weighted by atomic mass is 9.80. The number of carbonyl (C=O) groups is 2. The molecule has 0 unspecified atom stereocenters. The molecule has 1 aliphatic carbocycles. The lowest BCUT2D eigenvalue weighted by molar-refractivity contribution is -0.137. The van der Waals surface area contributed by atoms with Crippen LogP contribution in [0.4, 0.5) is 13.6 Å². The Morgan fingerprint density at radius 2 is 1.71 bits per heavy atom. The van der Waals surface area contributed by atoms with E-state index in [1.807, 2.05) is 6.92 Å². The number of fused-ring (bicyclic) bond motifs is 1. The van der Waals surface area contributed by atoms with E-state index in [2.05, 4.69) is 10.6 Å². The largest absolute Gasteiger partial charge is 0.480 e. The second kappa shape index (κ2) is 9.83. The van der Waals surface area contributed by atoms with Gasteiger partial charge in [-0.15, -0.1) is 0 Å². The van der Waals surface area contributed by atoms with Crippen LogP contribution in [-0.2, 0) is 17.9 Å². The van der Waals surface area contributed by atoms with Gasteiger partial charge in [-0.1, -0.05) is 6.07 Å². The van der Waals surface area contributed by atoms with Crippen LogP contribution in [0.1, 0.15) is 54.0 Å². The average Bonchev–Trinajstić information content (AvgIpc) is 3.04. The molecule has 8 heteroatoms. The molecule has 0 spiro atoms. The Kier molecular flexibility index (Phi) is 6.86. The highest BCUT2D eigenvalue weighted by molar-refractivity contribution is 5.87. The third kappa shape index (κ3) is 5.05. The maximum absolute atomic E-state index is 14.0. The van der Waals surface area contributed by atoms with Gasteiger partial charge in [0.05, 0.1) is 0 Å². The van der Waals surface area contributed by atoms with Gasteiger partial charge in [0.25, 0.3) is 0 Å². The van der Waals surface area contributed by atoms with Gasteiger partial charge >= 0.3 is 12.0 Å². The molecule has 6 nitrogen and oxygen atoms in total. The Bertz CT molecular complexity index is 1230. The minimum absolute atomic E-state index is 0.0231. The van der Waals surface area contributed by atoms with Crippen LogP contribution in [-0.4, -0.2) is 27.7 Å². The molecule has 1 fully saturated rings. The molecule has 180 valence electrons. The molecule has 34 heavy (non-hydrogen) atoms. The first kappa shape index (κ1) is 23.7. The molecule has 0 saturated heterocycles. The van der Waals surface area contributed by atoms with Crippen molar-refractivity contribution in [3.63, 3.8) is 0 Å². The molecule has 1 saturated carbocycles. The van der Waals surface area contributed by atoms with Crippen molar-refractivity contribution in [1.29, 1.82) is 0 Å². The van der Waals surface area contributed by atoms with Gasteiger partial charge in [-0.3, -0.25) is 4.79 Å². The topological polar surface area (TPSA) is 83.4 Å². The van der Waals surface area contributed by atoms with Crippen LogP contribution in [0.2, 0.25) is 0 Å². The van der Waals surface area contributed by atoms with E-state index in [1.54, 1.807) is 23.6 Å². The second-order valence-corrected chi connectivity index (χ2v) is 9.09. The molecule has 1 heterocycles. The Hall–Kier alpha value is -3.42. The summed E-state index contributed by atoms with van der Waals surface area (Å²) in [5.41, 5.74) is 4.24. The fourth-order valence-electron chi connectivity index (χ4n) is 5.13. The highest BCUT2D eigenvalue weighted by Crippen LogP contribution is 2.40. The van der Waals surface area contributed by atoms with Crippen molar-refractivity contribution in [3.8, 4) is 0 Å². The maximum atomic E-state index is 14.0. The van der Waals surface area contributed by atoms with Gasteiger partial charge in [0, 0.05) is 29.2 Å². The van der Waals surface area contributed by atoms with Gasteiger partial charge in [0.15, 0.2) is 0 Å². The van der Waals surface area contributed by atoms with Crippen molar-refractivity contribution in [2.45, 2.75) is 64.6 Å². The van der Waals surface area contributed by atoms with E-state index in [4.69, 9.17) is 0 Å². The number of hydrogen-bond donors (Lipinski definition) is 3. The summed E-state index contributed by atoms with van der Waals surface area (Å²) < 4.78 is 29.0. The average molecular weight is 470 g/mol.